The predicted molar refractivity (Wildman–Crippen MR) is 75.4 cm³/mol. The Morgan fingerprint density at radius 3 is 2.28 bits per heavy atom. The molecule has 0 aromatic heterocycles. The number of nitrogens with zero attached hydrogens (tertiary/aromatic N) is 2. The van der Waals surface area contributed by atoms with Gasteiger partial charge in [0.25, 0.3) is 0 Å². The highest BCUT2D eigenvalue weighted by atomic mass is 16.2. The van der Waals surface area contributed by atoms with Crippen molar-refractivity contribution in [2.75, 3.05) is 33.7 Å². The molecule has 106 valence electrons. The Morgan fingerprint density at radius 1 is 1.22 bits per heavy atom. The molecule has 1 aliphatic rings. The van der Waals surface area contributed by atoms with Crippen LogP contribution in [0.5, 0.6) is 0 Å². The fourth-order valence-electron chi connectivity index (χ4n) is 2.92. The van der Waals surface area contributed by atoms with Gasteiger partial charge >= 0.3 is 0 Å². The minimum absolute atomic E-state index is 0.0694. The second kappa shape index (κ2) is 7.10. The average Bonchev–Trinajstić information content (AvgIpc) is 2.38. The summed E-state index contributed by atoms with van der Waals surface area (Å²) in [6, 6.07) is 0. The van der Waals surface area contributed by atoms with E-state index in [1.54, 1.807) is 4.90 Å². The van der Waals surface area contributed by atoms with Crippen LogP contribution in [0.1, 0.15) is 45.4 Å². The van der Waals surface area contributed by atoms with E-state index in [0.717, 1.165) is 25.8 Å². The molecule has 0 unspecified atom stereocenters. The fraction of sp³-hybridized carbons (Fsp3) is 0.929. The molecular weight excluding hydrogens is 226 g/mol. The average molecular weight is 255 g/mol. The lowest BCUT2D eigenvalue weighted by molar-refractivity contribution is -0.132. The Bertz CT molecular complexity index is 260. The van der Waals surface area contributed by atoms with E-state index in [2.05, 4.69) is 11.8 Å². The quantitative estimate of drug-likeness (QED) is 0.781. The normalized spacial score (nSPS) is 18.9. The van der Waals surface area contributed by atoms with Gasteiger partial charge in [-0.1, -0.05) is 26.2 Å². The van der Waals surface area contributed by atoms with Crippen LogP contribution in [0.3, 0.4) is 0 Å². The first-order valence-corrected chi connectivity index (χ1v) is 7.21. The van der Waals surface area contributed by atoms with Crippen LogP contribution < -0.4 is 5.73 Å². The minimum Gasteiger partial charge on any atom is -0.348 e. The summed E-state index contributed by atoms with van der Waals surface area (Å²) in [6.45, 7) is 4.32. The molecule has 0 aromatic rings. The van der Waals surface area contributed by atoms with Crippen molar-refractivity contribution in [3.63, 3.8) is 0 Å². The molecule has 0 radical (unpaired) electrons. The van der Waals surface area contributed by atoms with Gasteiger partial charge in [0.15, 0.2) is 0 Å². The molecule has 18 heavy (non-hydrogen) atoms. The fourth-order valence-corrected chi connectivity index (χ4v) is 2.92. The van der Waals surface area contributed by atoms with Crippen molar-refractivity contribution in [2.24, 2.45) is 5.73 Å². The number of likely N-dealkylation sites (N-methyl/N-ethyl adjacent to an activating group) is 1. The van der Waals surface area contributed by atoms with Crippen LogP contribution in [0, 0.1) is 0 Å². The molecule has 1 aliphatic carbocycles. The molecule has 2 N–H and O–H groups in total. The van der Waals surface area contributed by atoms with Gasteiger partial charge in [0.1, 0.15) is 0 Å². The van der Waals surface area contributed by atoms with Gasteiger partial charge < -0.3 is 10.6 Å². The zero-order valence-corrected chi connectivity index (χ0v) is 12.2. The molecule has 0 atom stereocenters. The smallest absolute Gasteiger partial charge is 0.236 e. The summed E-state index contributed by atoms with van der Waals surface area (Å²) in [4.78, 5) is 16.0. The van der Waals surface area contributed by atoms with Crippen LogP contribution >= 0.6 is 0 Å². The van der Waals surface area contributed by atoms with Crippen molar-refractivity contribution in [3.8, 4) is 0 Å². The maximum absolute atomic E-state index is 12.0. The van der Waals surface area contributed by atoms with Crippen molar-refractivity contribution >= 4 is 5.91 Å². The molecule has 0 spiro atoms. The number of hydrogen-bond acceptors (Lipinski definition) is 3. The highest BCUT2D eigenvalue weighted by Crippen LogP contribution is 2.33. The van der Waals surface area contributed by atoms with Gasteiger partial charge in [-0.2, -0.15) is 0 Å². The number of carbonyl (C=O) groups is 1. The summed E-state index contributed by atoms with van der Waals surface area (Å²) in [5.41, 5.74) is 6.12. The molecule has 0 heterocycles. The van der Waals surface area contributed by atoms with Crippen LogP contribution in [-0.4, -0.2) is 55.0 Å². The van der Waals surface area contributed by atoms with Crippen LogP contribution in [0.2, 0.25) is 0 Å². The van der Waals surface area contributed by atoms with E-state index in [1.807, 2.05) is 14.1 Å². The monoisotopic (exact) mass is 255 g/mol. The SMILES string of the molecule is CCCN(CC(=O)N(C)C)C1(CN)CCCCC1. The van der Waals surface area contributed by atoms with E-state index in [9.17, 15) is 4.79 Å². The molecule has 0 aromatic carbocycles. The van der Waals surface area contributed by atoms with Crippen molar-refractivity contribution in [2.45, 2.75) is 51.0 Å². The molecule has 4 nitrogen and oxygen atoms in total. The number of rotatable bonds is 6. The van der Waals surface area contributed by atoms with Gasteiger partial charge in [0.05, 0.1) is 6.54 Å². The van der Waals surface area contributed by atoms with Crippen LogP contribution in [0.25, 0.3) is 0 Å². The first-order valence-electron chi connectivity index (χ1n) is 7.21. The molecule has 0 aliphatic heterocycles. The number of hydrogen-bond donors (Lipinski definition) is 1. The molecule has 4 heteroatoms. The summed E-state index contributed by atoms with van der Waals surface area (Å²) < 4.78 is 0. The van der Waals surface area contributed by atoms with Gasteiger partial charge in [-0.05, 0) is 25.8 Å². The predicted octanol–water partition coefficient (Wildman–Crippen LogP) is 1.45. The topological polar surface area (TPSA) is 49.6 Å². The van der Waals surface area contributed by atoms with Gasteiger partial charge in [-0.3, -0.25) is 9.69 Å². The van der Waals surface area contributed by atoms with Crippen LogP contribution in [-0.2, 0) is 4.79 Å². The molecule has 0 saturated heterocycles. The lowest BCUT2D eigenvalue weighted by Gasteiger charge is -2.46. The highest BCUT2D eigenvalue weighted by Gasteiger charge is 2.37. The second-order valence-corrected chi connectivity index (χ2v) is 5.70. The maximum atomic E-state index is 12.0. The number of nitrogens with two attached hydrogens (primary N) is 1. The van der Waals surface area contributed by atoms with E-state index >= 15 is 0 Å². The Morgan fingerprint density at radius 2 is 1.83 bits per heavy atom. The third-order valence-electron chi connectivity index (χ3n) is 4.15. The highest BCUT2D eigenvalue weighted by molar-refractivity contribution is 5.77. The Hall–Kier alpha value is -0.610. The molecule has 0 bridgehead atoms. The summed E-state index contributed by atoms with van der Waals surface area (Å²) in [6.07, 6.45) is 7.15. The van der Waals surface area contributed by atoms with Gasteiger partial charge in [0, 0.05) is 26.2 Å². The second-order valence-electron chi connectivity index (χ2n) is 5.70. The first kappa shape index (κ1) is 15.4. The zero-order chi connectivity index (χ0) is 13.6. The number of amides is 1. The standard InChI is InChI=1S/C14H29N3O/c1-4-10-17(11-13(18)16(2)3)14(12-15)8-6-5-7-9-14/h4-12,15H2,1-3H3. The van der Waals surface area contributed by atoms with E-state index < -0.39 is 0 Å². The molecule has 1 rings (SSSR count). The largest absolute Gasteiger partial charge is 0.348 e. The van der Waals surface area contributed by atoms with E-state index in [0.29, 0.717) is 13.1 Å². The lowest BCUT2D eigenvalue weighted by atomic mass is 9.80. The Labute approximate surface area is 111 Å². The van der Waals surface area contributed by atoms with Crippen molar-refractivity contribution < 1.29 is 4.79 Å². The minimum atomic E-state index is 0.0694. The van der Waals surface area contributed by atoms with Crippen molar-refractivity contribution in [1.29, 1.82) is 0 Å². The summed E-state index contributed by atoms with van der Waals surface area (Å²) >= 11 is 0. The Kier molecular flexibility index (Phi) is 6.09. The van der Waals surface area contributed by atoms with Crippen molar-refractivity contribution in [1.82, 2.24) is 9.80 Å². The molecule has 1 saturated carbocycles. The van der Waals surface area contributed by atoms with E-state index in [4.69, 9.17) is 5.73 Å². The van der Waals surface area contributed by atoms with E-state index in [1.165, 1.54) is 19.3 Å². The van der Waals surface area contributed by atoms with Crippen LogP contribution in [0.4, 0.5) is 0 Å². The lowest BCUT2D eigenvalue weighted by Crippen LogP contribution is -2.57. The zero-order valence-electron chi connectivity index (χ0n) is 12.2. The van der Waals surface area contributed by atoms with E-state index in [-0.39, 0.29) is 11.4 Å². The number of carbonyl (C=O) groups excluding carboxylic acids is 1. The van der Waals surface area contributed by atoms with Gasteiger partial charge in [-0.25, -0.2) is 0 Å². The Balaban J connectivity index is 2.76. The molecule has 1 amide bonds. The molecular formula is C14H29N3O. The summed E-state index contributed by atoms with van der Waals surface area (Å²) in [7, 11) is 3.64. The third kappa shape index (κ3) is 3.69. The van der Waals surface area contributed by atoms with Gasteiger partial charge in [0.2, 0.25) is 5.91 Å². The first-order chi connectivity index (χ1) is 8.55. The maximum Gasteiger partial charge on any atom is 0.236 e. The molecule has 1 fully saturated rings. The van der Waals surface area contributed by atoms with Crippen LogP contribution in [0.15, 0.2) is 0 Å². The van der Waals surface area contributed by atoms with Crippen molar-refractivity contribution in [3.05, 3.63) is 0 Å². The summed E-state index contributed by atoms with van der Waals surface area (Å²) in [5, 5.41) is 0. The van der Waals surface area contributed by atoms with Gasteiger partial charge in [-0.15, -0.1) is 0 Å². The summed E-state index contributed by atoms with van der Waals surface area (Å²) in [5.74, 6) is 0.182. The third-order valence-corrected chi connectivity index (χ3v) is 4.15.